The highest BCUT2D eigenvalue weighted by atomic mass is 16.5. The Bertz CT molecular complexity index is 476. The standard InChI is InChI=1S/C16H21NO3/c1-17-12-8-13(10-14(17)15(18)9-12)20-16(19)7-11-5-3-2-4-6-11/h2-6,12-15,18H,7-10H2,1H3/t12-,13+,14+,15-/m0/s1. The Kier molecular flexibility index (Phi) is 3.76. The molecule has 4 heteroatoms. The van der Waals surface area contributed by atoms with Gasteiger partial charge in [0.25, 0.3) is 0 Å². The summed E-state index contributed by atoms with van der Waals surface area (Å²) in [7, 11) is 2.05. The second-order valence-electron chi connectivity index (χ2n) is 5.94. The summed E-state index contributed by atoms with van der Waals surface area (Å²) < 4.78 is 5.60. The molecular weight excluding hydrogens is 254 g/mol. The van der Waals surface area contributed by atoms with Crippen molar-refractivity contribution >= 4 is 5.97 Å². The molecule has 2 saturated heterocycles. The first-order valence-corrected chi connectivity index (χ1v) is 7.27. The number of hydrogen-bond acceptors (Lipinski definition) is 4. The van der Waals surface area contributed by atoms with Crippen molar-refractivity contribution in [1.82, 2.24) is 4.90 Å². The number of aliphatic hydroxyl groups excluding tert-OH is 1. The highest BCUT2D eigenvalue weighted by Gasteiger charge is 2.45. The van der Waals surface area contributed by atoms with Crippen molar-refractivity contribution in [3.8, 4) is 0 Å². The van der Waals surface area contributed by atoms with Gasteiger partial charge in [-0.2, -0.15) is 0 Å². The summed E-state index contributed by atoms with van der Waals surface area (Å²) in [5.74, 6) is -0.167. The number of aliphatic hydroxyl groups is 1. The van der Waals surface area contributed by atoms with E-state index in [-0.39, 0.29) is 24.2 Å². The predicted octanol–water partition coefficient (Wildman–Crippen LogP) is 1.37. The maximum absolute atomic E-state index is 12.0. The molecule has 20 heavy (non-hydrogen) atoms. The van der Waals surface area contributed by atoms with E-state index < -0.39 is 0 Å². The molecule has 2 fully saturated rings. The van der Waals surface area contributed by atoms with Crippen molar-refractivity contribution < 1.29 is 14.6 Å². The van der Waals surface area contributed by atoms with Crippen LogP contribution in [0.25, 0.3) is 0 Å². The molecule has 3 rings (SSSR count). The molecule has 0 unspecified atom stereocenters. The first-order chi connectivity index (χ1) is 9.63. The molecule has 0 aliphatic carbocycles. The lowest BCUT2D eigenvalue weighted by Crippen LogP contribution is -2.45. The average molecular weight is 275 g/mol. The maximum atomic E-state index is 12.0. The molecule has 0 saturated carbocycles. The van der Waals surface area contributed by atoms with Crippen molar-refractivity contribution in [3.63, 3.8) is 0 Å². The van der Waals surface area contributed by atoms with Gasteiger partial charge in [-0.3, -0.25) is 9.69 Å². The minimum atomic E-state index is -0.275. The minimum Gasteiger partial charge on any atom is -0.462 e. The molecule has 4 nitrogen and oxygen atoms in total. The second kappa shape index (κ2) is 5.54. The molecule has 0 radical (unpaired) electrons. The molecule has 0 aromatic heterocycles. The molecular formula is C16H21NO3. The quantitative estimate of drug-likeness (QED) is 0.847. The van der Waals surface area contributed by atoms with Gasteiger partial charge in [-0.05, 0) is 19.0 Å². The van der Waals surface area contributed by atoms with E-state index in [1.807, 2.05) is 37.4 Å². The molecule has 2 bridgehead atoms. The highest BCUT2D eigenvalue weighted by Crippen LogP contribution is 2.35. The van der Waals surface area contributed by atoms with Crippen LogP contribution in [0.3, 0.4) is 0 Å². The number of nitrogens with zero attached hydrogens (tertiary/aromatic N) is 1. The van der Waals surface area contributed by atoms with Crippen LogP contribution in [0.2, 0.25) is 0 Å². The van der Waals surface area contributed by atoms with Crippen LogP contribution in [-0.4, -0.2) is 47.3 Å². The van der Waals surface area contributed by atoms with Gasteiger partial charge in [0.1, 0.15) is 6.10 Å². The van der Waals surface area contributed by atoms with Crippen LogP contribution in [0.15, 0.2) is 30.3 Å². The molecule has 1 aromatic rings. The monoisotopic (exact) mass is 275 g/mol. The number of hydrogen-bond donors (Lipinski definition) is 1. The van der Waals surface area contributed by atoms with Crippen molar-refractivity contribution in [1.29, 1.82) is 0 Å². The van der Waals surface area contributed by atoms with Crippen molar-refractivity contribution in [3.05, 3.63) is 35.9 Å². The minimum absolute atomic E-state index is 0.0467. The van der Waals surface area contributed by atoms with Crippen LogP contribution in [-0.2, 0) is 16.0 Å². The number of likely N-dealkylation sites (N-methyl/N-ethyl adjacent to an activating group) is 1. The highest BCUT2D eigenvalue weighted by molar-refractivity contribution is 5.72. The number of carbonyl (C=O) groups is 1. The van der Waals surface area contributed by atoms with Gasteiger partial charge < -0.3 is 9.84 Å². The molecule has 4 atom stereocenters. The maximum Gasteiger partial charge on any atom is 0.310 e. The lowest BCUT2D eigenvalue weighted by atomic mass is 10.00. The van der Waals surface area contributed by atoms with Gasteiger partial charge in [-0.1, -0.05) is 30.3 Å². The fraction of sp³-hybridized carbons (Fsp3) is 0.562. The fourth-order valence-electron chi connectivity index (χ4n) is 3.49. The SMILES string of the molecule is CN1[C@H]2C[C@@H](OC(=O)Cc3ccccc3)C[C@@H]1[C@@H](O)C2. The summed E-state index contributed by atoms with van der Waals surface area (Å²) in [6.45, 7) is 0. The molecule has 2 heterocycles. The summed E-state index contributed by atoms with van der Waals surface area (Å²) in [5.41, 5.74) is 0.980. The molecule has 108 valence electrons. The Balaban J connectivity index is 1.55. The Morgan fingerprint density at radius 2 is 2.05 bits per heavy atom. The number of piperidine rings is 1. The van der Waals surface area contributed by atoms with E-state index in [2.05, 4.69) is 4.90 Å². The number of esters is 1. The number of fused-ring (bicyclic) bond motifs is 2. The lowest BCUT2D eigenvalue weighted by molar-refractivity contribution is -0.151. The van der Waals surface area contributed by atoms with Gasteiger partial charge >= 0.3 is 5.97 Å². The second-order valence-corrected chi connectivity index (χ2v) is 5.94. The molecule has 0 amide bonds. The summed E-state index contributed by atoms with van der Waals surface area (Å²) in [4.78, 5) is 14.2. The van der Waals surface area contributed by atoms with Crippen LogP contribution in [0.4, 0.5) is 0 Å². The van der Waals surface area contributed by atoms with E-state index in [0.29, 0.717) is 12.5 Å². The van der Waals surface area contributed by atoms with E-state index in [1.54, 1.807) is 0 Å². The zero-order chi connectivity index (χ0) is 14.1. The Hall–Kier alpha value is -1.39. The molecule has 0 spiro atoms. The third kappa shape index (κ3) is 2.72. The molecule has 1 N–H and O–H groups in total. The fourth-order valence-corrected chi connectivity index (χ4v) is 3.49. The number of rotatable bonds is 3. The van der Waals surface area contributed by atoms with Crippen LogP contribution < -0.4 is 0 Å². The zero-order valence-electron chi connectivity index (χ0n) is 11.7. The third-order valence-corrected chi connectivity index (χ3v) is 4.59. The van der Waals surface area contributed by atoms with E-state index in [1.165, 1.54) is 0 Å². The Morgan fingerprint density at radius 1 is 1.30 bits per heavy atom. The van der Waals surface area contributed by atoms with E-state index in [0.717, 1.165) is 24.8 Å². The number of carbonyl (C=O) groups excluding carboxylic acids is 1. The van der Waals surface area contributed by atoms with Gasteiger partial charge in [-0.25, -0.2) is 0 Å². The summed E-state index contributed by atoms with van der Waals surface area (Å²) in [6, 6.07) is 10.1. The number of ether oxygens (including phenoxy) is 1. The van der Waals surface area contributed by atoms with Gasteiger partial charge in [0.15, 0.2) is 0 Å². The lowest BCUT2D eigenvalue weighted by Gasteiger charge is -2.36. The van der Waals surface area contributed by atoms with Crippen molar-refractivity contribution in [2.75, 3.05) is 7.05 Å². The van der Waals surface area contributed by atoms with Gasteiger partial charge in [0, 0.05) is 24.9 Å². The van der Waals surface area contributed by atoms with Crippen LogP contribution in [0.5, 0.6) is 0 Å². The summed E-state index contributed by atoms with van der Waals surface area (Å²) in [6.07, 6.45) is 2.38. The van der Waals surface area contributed by atoms with Crippen molar-refractivity contribution in [2.24, 2.45) is 0 Å². The first-order valence-electron chi connectivity index (χ1n) is 7.27. The topological polar surface area (TPSA) is 49.8 Å². The van der Waals surface area contributed by atoms with E-state index >= 15 is 0 Å². The Labute approximate surface area is 119 Å². The zero-order valence-corrected chi connectivity index (χ0v) is 11.7. The van der Waals surface area contributed by atoms with Crippen LogP contribution in [0, 0.1) is 0 Å². The first kappa shape index (κ1) is 13.6. The van der Waals surface area contributed by atoms with E-state index in [4.69, 9.17) is 4.74 Å². The van der Waals surface area contributed by atoms with Gasteiger partial charge in [0.05, 0.1) is 12.5 Å². The largest absolute Gasteiger partial charge is 0.462 e. The van der Waals surface area contributed by atoms with E-state index in [9.17, 15) is 9.90 Å². The summed E-state index contributed by atoms with van der Waals surface area (Å²) in [5, 5.41) is 9.97. The van der Waals surface area contributed by atoms with Crippen LogP contribution >= 0.6 is 0 Å². The van der Waals surface area contributed by atoms with Crippen molar-refractivity contribution in [2.45, 2.75) is 50.0 Å². The normalized spacial score (nSPS) is 33.1. The smallest absolute Gasteiger partial charge is 0.310 e. The molecule has 1 aromatic carbocycles. The molecule has 2 aliphatic rings. The summed E-state index contributed by atoms with van der Waals surface area (Å²) >= 11 is 0. The third-order valence-electron chi connectivity index (χ3n) is 4.59. The van der Waals surface area contributed by atoms with Crippen LogP contribution in [0.1, 0.15) is 24.8 Å². The Morgan fingerprint density at radius 3 is 2.75 bits per heavy atom. The number of benzene rings is 1. The molecule has 2 aliphatic heterocycles. The van der Waals surface area contributed by atoms with Gasteiger partial charge in [-0.15, -0.1) is 0 Å². The average Bonchev–Trinajstić information content (AvgIpc) is 2.59. The predicted molar refractivity (Wildman–Crippen MR) is 75.2 cm³/mol. The van der Waals surface area contributed by atoms with Gasteiger partial charge in [0.2, 0.25) is 0 Å².